The summed E-state index contributed by atoms with van der Waals surface area (Å²) >= 11 is 0. The number of esters is 2. The number of carbonyl (C=O) groups is 2. The molecule has 0 aliphatic heterocycles. The third-order valence-electron chi connectivity index (χ3n) is 9.48. The molecule has 0 amide bonds. The molecule has 0 saturated heterocycles. The van der Waals surface area contributed by atoms with Crippen LogP contribution < -0.4 is 0 Å². The summed E-state index contributed by atoms with van der Waals surface area (Å²) in [5.41, 5.74) is 0. The van der Waals surface area contributed by atoms with Gasteiger partial charge in [-0.15, -0.1) is 0 Å². The van der Waals surface area contributed by atoms with Gasteiger partial charge in [-0.25, -0.2) is 4.57 Å². The first kappa shape index (κ1) is 52.5. The van der Waals surface area contributed by atoms with Gasteiger partial charge >= 0.3 is 19.8 Å². The molecule has 10 heteroatoms. The van der Waals surface area contributed by atoms with Gasteiger partial charge in [-0.1, -0.05) is 160 Å². The fourth-order valence-electron chi connectivity index (χ4n) is 5.99. The molecular formula is C44H85NO8P+. The highest BCUT2D eigenvalue weighted by atomic mass is 31.2. The van der Waals surface area contributed by atoms with E-state index in [1.165, 1.54) is 122 Å². The Morgan fingerprint density at radius 3 is 1.50 bits per heavy atom. The number of quaternary nitrogens is 1. The molecule has 0 radical (unpaired) electrons. The first-order valence-corrected chi connectivity index (χ1v) is 23.6. The minimum absolute atomic E-state index is 0.0329. The van der Waals surface area contributed by atoms with Crippen LogP contribution in [0.1, 0.15) is 194 Å². The zero-order chi connectivity index (χ0) is 40.0. The number of hydrogen-bond acceptors (Lipinski definition) is 7. The highest BCUT2D eigenvalue weighted by Crippen LogP contribution is 2.43. The van der Waals surface area contributed by atoms with Gasteiger partial charge in [0.05, 0.1) is 27.7 Å². The molecule has 54 heavy (non-hydrogen) atoms. The van der Waals surface area contributed by atoms with Gasteiger partial charge in [-0.3, -0.25) is 18.6 Å². The quantitative estimate of drug-likeness (QED) is 0.0215. The van der Waals surface area contributed by atoms with E-state index >= 15 is 0 Å². The molecule has 0 aromatic carbocycles. The number of phosphoric acid groups is 1. The van der Waals surface area contributed by atoms with Crippen LogP contribution in [-0.2, 0) is 32.7 Å². The van der Waals surface area contributed by atoms with Crippen LogP contribution in [0.5, 0.6) is 0 Å². The van der Waals surface area contributed by atoms with E-state index in [-0.39, 0.29) is 32.0 Å². The Morgan fingerprint density at radius 2 is 1.00 bits per heavy atom. The molecule has 0 aromatic heterocycles. The van der Waals surface area contributed by atoms with Crippen molar-refractivity contribution < 1.29 is 42.1 Å². The Kier molecular flexibility index (Phi) is 36.1. The minimum atomic E-state index is -4.37. The molecule has 0 aromatic rings. The summed E-state index contributed by atoms with van der Waals surface area (Å²) in [6.45, 7) is 4.39. The molecule has 0 bridgehead atoms. The molecule has 0 aliphatic carbocycles. The Hall–Kier alpha value is -1.51. The van der Waals surface area contributed by atoms with Crippen LogP contribution in [-0.4, -0.2) is 74.9 Å². The van der Waals surface area contributed by atoms with E-state index < -0.39 is 26.5 Å². The summed E-state index contributed by atoms with van der Waals surface area (Å²) in [5.74, 6) is -0.799. The average molecular weight is 787 g/mol. The maximum atomic E-state index is 12.6. The fourth-order valence-corrected chi connectivity index (χ4v) is 6.73. The van der Waals surface area contributed by atoms with Crippen LogP contribution in [0.15, 0.2) is 24.3 Å². The lowest BCUT2D eigenvalue weighted by molar-refractivity contribution is -0.870. The second-order valence-electron chi connectivity index (χ2n) is 16.1. The van der Waals surface area contributed by atoms with Gasteiger partial charge in [-0.2, -0.15) is 0 Å². The van der Waals surface area contributed by atoms with Crippen LogP contribution >= 0.6 is 7.82 Å². The zero-order valence-electron chi connectivity index (χ0n) is 35.7. The topological polar surface area (TPSA) is 108 Å². The van der Waals surface area contributed by atoms with Gasteiger partial charge in [0.25, 0.3) is 0 Å². The van der Waals surface area contributed by atoms with Gasteiger partial charge in [0.15, 0.2) is 6.10 Å². The van der Waals surface area contributed by atoms with E-state index in [1.807, 2.05) is 21.1 Å². The maximum Gasteiger partial charge on any atom is 0.472 e. The van der Waals surface area contributed by atoms with E-state index in [4.69, 9.17) is 18.5 Å². The number of phosphoric ester groups is 1. The smallest absolute Gasteiger partial charge is 0.462 e. The van der Waals surface area contributed by atoms with Crippen molar-refractivity contribution in [3.05, 3.63) is 24.3 Å². The Balaban J connectivity index is 4.29. The van der Waals surface area contributed by atoms with Crippen molar-refractivity contribution in [3.8, 4) is 0 Å². The first-order chi connectivity index (χ1) is 26.0. The van der Waals surface area contributed by atoms with Gasteiger partial charge in [0, 0.05) is 12.8 Å². The van der Waals surface area contributed by atoms with Gasteiger partial charge in [0.2, 0.25) is 0 Å². The molecular weight excluding hydrogens is 701 g/mol. The summed E-state index contributed by atoms with van der Waals surface area (Å²) in [5, 5.41) is 0. The molecule has 1 unspecified atom stereocenters. The van der Waals surface area contributed by atoms with Crippen molar-refractivity contribution in [3.63, 3.8) is 0 Å². The SMILES string of the molecule is CCCCC/C=C\C/C=C\CCCCCCCCCCCC(=O)OC[C@H](COP(=O)(O)OCC[N+](C)(C)C)OC(=O)CCCCCCCCCCCCC. The maximum absolute atomic E-state index is 12.6. The normalized spacial score (nSPS) is 13.8. The lowest BCUT2D eigenvalue weighted by atomic mass is 10.1. The number of rotatable bonds is 40. The number of nitrogens with zero attached hydrogens (tertiary/aromatic N) is 1. The molecule has 0 spiro atoms. The molecule has 0 fully saturated rings. The van der Waals surface area contributed by atoms with Crippen LogP contribution in [0.4, 0.5) is 0 Å². The van der Waals surface area contributed by atoms with E-state index in [2.05, 4.69) is 38.2 Å². The number of ether oxygens (including phenoxy) is 2. The van der Waals surface area contributed by atoms with E-state index in [0.717, 1.165) is 38.5 Å². The molecule has 0 heterocycles. The summed E-state index contributed by atoms with van der Waals surface area (Å²) < 4.78 is 34.3. The van der Waals surface area contributed by atoms with Crippen molar-refractivity contribution in [2.24, 2.45) is 0 Å². The molecule has 0 saturated carbocycles. The fraction of sp³-hybridized carbons (Fsp3) is 0.864. The number of carbonyl (C=O) groups excluding carboxylic acids is 2. The molecule has 0 aliphatic rings. The van der Waals surface area contributed by atoms with Gasteiger partial charge in [-0.05, 0) is 44.9 Å². The van der Waals surface area contributed by atoms with Crippen molar-refractivity contribution in [2.45, 2.75) is 200 Å². The summed E-state index contributed by atoms with van der Waals surface area (Å²) in [6, 6.07) is 0. The van der Waals surface area contributed by atoms with Crippen molar-refractivity contribution in [1.82, 2.24) is 0 Å². The van der Waals surface area contributed by atoms with Crippen LogP contribution in [0.3, 0.4) is 0 Å². The van der Waals surface area contributed by atoms with Crippen molar-refractivity contribution in [1.29, 1.82) is 0 Å². The van der Waals surface area contributed by atoms with Gasteiger partial charge in [0.1, 0.15) is 19.8 Å². The predicted molar refractivity (Wildman–Crippen MR) is 224 cm³/mol. The third-order valence-corrected chi connectivity index (χ3v) is 10.5. The van der Waals surface area contributed by atoms with Crippen LogP contribution in [0.2, 0.25) is 0 Å². The van der Waals surface area contributed by atoms with Crippen molar-refractivity contribution in [2.75, 3.05) is 47.5 Å². The lowest BCUT2D eigenvalue weighted by Crippen LogP contribution is -2.37. The molecule has 318 valence electrons. The second-order valence-corrected chi connectivity index (χ2v) is 17.5. The number of allylic oxidation sites excluding steroid dienone is 4. The number of likely N-dealkylation sites (N-methyl/N-ethyl adjacent to an activating group) is 1. The summed E-state index contributed by atoms with van der Waals surface area (Å²) in [7, 11) is 1.48. The van der Waals surface area contributed by atoms with E-state index in [0.29, 0.717) is 17.4 Å². The highest BCUT2D eigenvalue weighted by Gasteiger charge is 2.27. The Morgan fingerprint density at radius 1 is 0.574 bits per heavy atom. The monoisotopic (exact) mass is 787 g/mol. The Labute approximate surface area is 332 Å². The molecule has 9 nitrogen and oxygen atoms in total. The highest BCUT2D eigenvalue weighted by molar-refractivity contribution is 7.47. The summed E-state index contributed by atoms with van der Waals surface area (Å²) in [6.07, 6.45) is 39.3. The predicted octanol–water partition coefficient (Wildman–Crippen LogP) is 12.4. The third kappa shape index (κ3) is 40.2. The minimum Gasteiger partial charge on any atom is -0.462 e. The number of hydrogen-bond donors (Lipinski definition) is 1. The first-order valence-electron chi connectivity index (χ1n) is 22.1. The van der Waals surface area contributed by atoms with Crippen LogP contribution in [0, 0.1) is 0 Å². The second kappa shape index (κ2) is 37.1. The van der Waals surface area contributed by atoms with E-state index in [1.54, 1.807) is 0 Å². The largest absolute Gasteiger partial charge is 0.472 e. The molecule has 1 N–H and O–H groups in total. The Bertz CT molecular complexity index is 980. The molecule has 0 rings (SSSR count). The average Bonchev–Trinajstić information content (AvgIpc) is 3.12. The van der Waals surface area contributed by atoms with E-state index in [9.17, 15) is 19.0 Å². The lowest BCUT2D eigenvalue weighted by Gasteiger charge is -2.24. The zero-order valence-corrected chi connectivity index (χ0v) is 36.6. The standard InChI is InChI=1S/C44H84NO8P/c1-6-8-10-12-14-16-18-19-20-21-22-23-24-25-27-28-30-32-34-36-43(46)50-40-42(41-52-54(48,49)51-39-38-45(3,4)5)53-44(47)37-35-33-31-29-26-17-15-13-11-9-7-2/h14,16,19-20,42H,6-13,15,17-18,21-41H2,1-5H3/p+1/b16-14-,20-19-/t42-/m1/s1. The van der Waals surface area contributed by atoms with Gasteiger partial charge < -0.3 is 18.9 Å². The molecule has 2 atom stereocenters. The summed E-state index contributed by atoms with van der Waals surface area (Å²) in [4.78, 5) is 35.3. The van der Waals surface area contributed by atoms with Crippen molar-refractivity contribution >= 4 is 19.8 Å². The van der Waals surface area contributed by atoms with Crippen LogP contribution in [0.25, 0.3) is 0 Å². The number of unbranched alkanes of at least 4 members (excludes halogenated alkanes) is 22.